The molecular formula is C16H12BrF4NO2. The van der Waals surface area contributed by atoms with E-state index in [4.69, 9.17) is 0 Å². The second kappa shape index (κ2) is 7.65. The van der Waals surface area contributed by atoms with Gasteiger partial charge in [0.05, 0.1) is 0 Å². The van der Waals surface area contributed by atoms with Crippen molar-refractivity contribution >= 4 is 21.8 Å². The number of amides is 1. The average molecular weight is 406 g/mol. The van der Waals surface area contributed by atoms with Gasteiger partial charge >= 0.3 is 0 Å². The second-order valence-electron chi connectivity index (χ2n) is 4.93. The lowest BCUT2D eigenvalue weighted by atomic mass is 10.2. The Morgan fingerprint density at radius 2 is 1.71 bits per heavy atom. The van der Waals surface area contributed by atoms with Crippen LogP contribution >= 0.6 is 15.9 Å². The normalized spacial score (nSPS) is 10.6. The summed E-state index contributed by atoms with van der Waals surface area (Å²) < 4.78 is 58.5. The molecule has 2 aromatic rings. The van der Waals surface area contributed by atoms with Crippen LogP contribution in [0.3, 0.4) is 0 Å². The van der Waals surface area contributed by atoms with Gasteiger partial charge in [0.25, 0.3) is 5.91 Å². The minimum atomic E-state index is -1.69. The highest BCUT2D eigenvalue weighted by molar-refractivity contribution is 9.10. The SMILES string of the molecule is CN(Cc1ccccc1Br)C(=O)COc1c(F)c(F)cc(F)c1F. The number of halogens is 5. The highest BCUT2D eigenvalue weighted by atomic mass is 79.9. The van der Waals surface area contributed by atoms with Gasteiger partial charge in [-0.1, -0.05) is 34.1 Å². The van der Waals surface area contributed by atoms with Crippen LogP contribution in [-0.4, -0.2) is 24.5 Å². The van der Waals surface area contributed by atoms with Gasteiger partial charge in [0, 0.05) is 24.1 Å². The molecule has 0 atom stereocenters. The first-order valence-electron chi connectivity index (χ1n) is 6.74. The lowest BCUT2D eigenvalue weighted by Crippen LogP contribution is -2.31. The molecule has 0 aliphatic rings. The standard InChI is InChI=1S/C16H12BrF4NO2/c1-22(7-9-4-2-3-5-10(9)17)13(23)8-24-16-14(20)11(18)6-12(19)15(16)21/h2-6H,7-8H2,1H3. The van der Waals surface area contributed by atoms with E-state index in [-0.39, 0.29) is 12.6 Å². The van der Waals surface area contributed by atoms with Crippen molar-refractivity contribution in [2.45, 2.75) is 6.54 Å². The molecule has 1 amide bonds. The van der Waals surface area contributed by atoms with Gasteiger partial charge in [-0.25, -0.2) is 8.78 Å². The van der Waals surface area contributed by atoms with Crippen molar-refractivity contribution in [3.8, 4) is 5.75 Å². The fourth-order valence-corrected chi connectivity index (χ4v) is 2.30. The van der Waals surface area contributed by atoms with Crippen molar-refractivity contribution in [2.75, 3.05) is 13.7 Å². The van der Waals surface area contributed by atoms with Crippen LogP contribution in [0.1, 0.15) is 5.56 Å². The number of nitrogens with zero attached hydrogens (tertiary/aromatic N) is 1. The number of carbonyl (C=O) groups is 1. The Bertz CT molecular complexity index is 744. The average Bonchev–Trinajstić information content (AvgIpc) is 2.54. The van der Waals surface area contributed by atoms with Crippen LogP contribution in [0.4, 0.5) is 17.6 Å². The molecule has 0 N–H and O–H groups in total. The predicted molar refractivity (Wildman–Crippen MR) is 82.4 cm³/mol. The summed E-state index contributed by atoms with van der Waals surface area (Å²) in [5.74, 6) is -8.44. The van der Waals surface area contributed by atoms with Crippen LogP contribution in [0.2, 0.25) is 0 Å². The first kappa shape index (κ1) is 18.3. The first-order valence-corrected chi connectivity index (χ1v) is 7.53. The van der Waals surface area contributed by atoms with Crippen LogP contribution < -0.4 is 4.74 Å². The molecule has 0 saturated carbocycles. The smallest absolute Gasteiger partial charge is 0.260 e. The van der Waals surface area contributed by atoms with Crippen LogP contribution in [0.25, 0.3) is 0 Å². The largest absolute Gasteiger partial charge is 0.477 e. The zero-order valence-corrected chi connectivity index (χ0v) is 14.0. The molecule has 2 aromatic carbocycles. The molecule has 0 aliphatic heterocycles. The maximum absolute atomic E-state index is 13.5. The number of benzene rings is 2. The Balaban J connectivity index is 2.05. The quantitative estimate of drug-likeness (QED) is 0.554. The molecule has 128 valence electrons. The first-order chi connectivity index (χ1) is 11.3. The minimum Gasteiger partial charge on any atom is -0.477 e. The molecule has 24 heavy (non-hydrogen) atoms. The molecule has 3 nitrogen and oxygen atoms in total. The molecule has 0 spiro atoms. The van der Waals surface area contributed by atoms with Crippen LogP contribution in [0.15, 0.2) is 34.8 Å². The van der Waals surface area contributed by atoms with Gasteiger partial charge < -0.3 is 9.64 Å². The van der Waals surface area contributed by atoms with Crippen molar-refractivity contribution in [3.63, 3.8) is 0 Å². The zero-order valence-electron chi connectivity index (χ0n) is 12.5. The van der Waals surface area contributed by atoms with E-state index < -0.39 is 41.5 Å². The summed E-state index contributed by atoms with van der Waals surface area (Å²) in [5.41, 5.74) is 0.808. The molecule has 2 rings (SSSR count). The molecule has 0 heterocycles. The molecule has 0 aromatic heterocycles. The van der Waals surface area contributed by atoms with E-state index in [0.717, 1.165) is 10.0 Å². The summed E-state index contributed by atoms with van der Waals surface area (Å²) in [6, 6.07) is 7.25. The molecule has 0 unspecified atom stereocenters. The summed E-state index contributed by atoms with van der Waals surface area (Å²) in [5, 5.41) is 0. The van der Waals surface area contributed by atoms with E-state index >= 15 is 0 Å². The number of carbonyl (C=O) groups excluding carboxylic acids is 1. The highest BCUT2D eigenvalue weighted by Gasteiger charge is 2.22. The van der Waals surface area contributed by atoms with Crippen molar-refractivity contribution in [1.82, 2.24) is 4.90 Å². The Kier molecular flexibility index (Phi) is 5.82. The third-order valence-corrected chi connectivity index (χ3v) is 3.98. The Morgan fingerprint density at radius 1 is 1.12 bits per heavy atom. The molecule has 0 aliphatic carbocycles. The van der Waals surface area contributed by atoms with Gasteiger partial charge in [0.2, 0.25) is 11.6 Å². The molecular weight excluding hydrogens is 394 g/mol. The number of rotatable bonds is 5. The Morgan fingerprint density at radius 3 is 2.29 bits per heavy atom. The topological polar surface area (TPSA) is 29.5 Å². The van der Waals surface area contributed by atoms with E-state index in [1.165, 1.54) is 11.9 Å². The van der Waals surface area contributed by atoms with E-state index in [0.29, 0.717) is 0 Å². The second-order valence-corrected chi connectivity index (χ2v) is 5.78. The van der Waals surface area contributed by atoms with Crippen LogP contribution in [-0.2, 0) is 11.3 Å². The lowest BCUT2D eigenvalue weighted by molar-refractivity contribution is -0.132. The highest BCUT2D eigenvalue weighted by Crippen LogP contribution is 2.26. The maximum atomic E-state index is 13.5. The maximum Gasteiger partial charge on any atom is 0.260 e. The number of likely N-dealkylation sites (N-methyl/N-ethyl adjacent to an activating group) is 1. The van der Waals surface area contributed by atoms with Crippen molar-refractivity contribution in [2.24, 2.45) is 0 Å². The van der Waals surface area contributed by atoms with Gasteiger partial charge in [0.1, 0.15) is 0 Å². The van der Waals surface area contributed by atoms with Crippen molar-refractivity contribution in [3.05, 3.63) is 63.6 Å². The van der Waals surface area contributed by atoms with E-state index in [9.17, 15) is 22.4 Å². The predicted octanol–water partition coefficient (Wildman–Crippen LogP) is 4.04. The van der Waals surface area contributed by atoms with Gasteiger partial charge in [-0.2, -0.15) is 8.78 Å². The molecule has 0 radical (unpaired) electrons. The molecule has 0 bridgehead atoms. The Hall–Kier alpha value is -2.09. The molecule has 0 fully saturated rings. The number of hydrogen-bond donors (Lipinski definition) is 0. The molecule has 0 saturated heterocycles. The third-order valence-electron chi connectivity index (χ3n) is 3.20. The van der Waals surface area contributed by atoms with Gasteiger partial charge in [-0.05, 0) is 11.6 Å². The number of ether oxygens (including phenoxy) is 1. The number of hydrogen-bond acceptors (Lipinski definition) is 2. The van der Waals surface area contributed by atoms with Crippen molar-refractivity contribution in [1.29, 1.82) is 0 Å². The minimum absolute atomic E-state index is 0.0679. The van der Waals surface area contributed by atoms with E-state index in [1.54, 1.807) is 18.2 Å². The summed E-state index contributed by atoms with van der Waals surface area (Å²) in [7, 11) is 1.46. The summed E-state index contributed by atoms with van der Waals surface area (Å²) in [4.78, 5) is 13.2. The fraction of sp³-hybridized carbons (Fsp3) is 0.188. The van der Waals surface area contributed by atoms with Crippen molar-refractivity contribution < 1.29 is 27.1 Å². The van der Waals surface area contributed by atoms with Crippen LogP contribution in [0.5, 0.6) is 5.75 Å². The zero-order chi connectivity index (χ0) is 17.9. The lowest BCUT2D eigenvalue weighted by Gasteiger charge is -2.18. The van der Waals surface area contributed by atoms with Gasteiger partial charge in [-0.3, -0.25) is 4.79 Å². The monoisotopic (exact) mass is 405 g/mol. The summed E-state index contributed by atoms with van der Waals surface area (Å²) in [6.07, 6.45) is 0. The van der Waals surface area contributed by atoms with Crippen LogP contribution in [0, 0.1) is 23.3 Å². The molecule has 8 heteroatoms. The van der Waals surface area contributed by atoms with E-state index in [2.05, 4.69) is 20.7 Å². The summed E-state index contributed by atoms with van der Waals surface area (Å²) in [6.45, 7) is -0.552. The summed E-state index contributed by atoms with van der Waals surface area (Å²) >= 11 is 3.33. The Labute approximate surface area is 144 Å². The fourth-order valence-electron chi connectivity index (χ4n) is 1.89. The van der Waals surface area contributed by atoms with Gasteiger partial charge in [-0.15, -0.1) is 0 Å². The van der Waals surface area contributed by atoms with Gasteiger partial charge in [0.15, 0.2) is 24.0 Å². The van der Waals surface area contributed by atoms with E-state index in [1.807, 2.05) is 6.07 Å². The third kappa shape index (κ3) is 4.05.